The molecule has 130 valence electrons. The van der Waals surface area contributed by atoms with Gasteiger partial charge in [0.15, 0.2) is 23.0 Å². The molecule has 1 atom stereocenters. The Hall–Kier alpha value is -2.89. The molecule has 0 fully saturated rings. The number of carbonyl (C=O) groups is 1. The van der Waals surface area contributed by atoms with E-state index in [2.05, 4.69) is 5.32 Å². The number of rotatable bonds is 3. The van der Waals surface area contributed by atoms with Gasteiger partial charge < -0.3 is 24.3 Å². The molecule has 6 heteroatoms. The highest BCUT2D eigenvalue weighted by Gasteiger charge is 2.19. The van der Waals surface area contributed by atoms with Crippen LogP contribution in [0.25, 0.3) is 0 Å². The molecule has 1 unspecified atom stereocenters. The number of amides is 1. The first-order valence-corrected chi connectivity index (χ1v) is 8.31. The third kappa shape index (κ3) is 3.20. The summed E-state index contributed by atoms with van der Waals surface area (Å²) in [5, 5.41) is 2.99. The van der Waals surface area contributed by atoms with Gasteiger partial charge in [0, 0.05) is 12.0 Å². The van der Waals surface area contributed by atoms with E-state index >= 15 is 0 Å². The predicted octanol–water partition coefficient (Wildman–Crippen LogP) is 3.07. The first kappa shape index (κ1) is 15.6. The van der Waals surface area contributed by atoms with Crippen molar-refractivity contribution in [3.63, 3.8) is 0 Å². The Balaban J connectivity index is 1.49. The van der Waals surface area contributed by atoms with E-state index in [1.165, 1.54) is 0 Å². The maximum absolute atomic E-state index is 12.6. The number of fused-ring (bicyclic) bond motifs is 2. The Labute approximate surface area is 145 Å². The predicted molar refractivity (Wildman–Crippen MR) is 90.5 cm³/mol. The fourth-order valence-electron chi connectivity index (χ4n) is 2.85. The van der Waals surface area contributed by atoms with Gasteiger partial charge in [-0.1, -0.05) is 6.07 Å². The van der Waals surface area contributed by atoms with Gasteiger partial charge >= 0.3 is 0 Å². The van der Waals surface area contributed by atoms with Crippen LogP contribution in [0.3, 0.4) is 0 Å². The maximum atomic E-state index is 12.6. The molecule has 1 amide bonds. The summed E-state index contributed by atoms with van der Waals surface area (Å²) in [7, 11) is 0. The van der Waals surface area contributed by atoms with Crippen LogP contribution >= 0.6 is 0 Å². The average molecular weight is 341 g/mol. The van der Waals surface area contributed by atoms with Crippen molar-refractivity contribution in [2.75, 3.05) is 20.0 Å². The zero-order valence-corrected chi connectivity index (χ0v) is 13.9. The van der Waals surface area contributed by atoms with Crippen LogP contribution in [0.4, 0.5) is 0 Å². The number of carbonyl (C=O) groups excluding carboxylic acids is 1. The molecule has 2 aromatic rings. The minimum absolute atomic E-state index is 0.166. The van der Waals surface area contributed by atoms with E-state index in [1.54, 1.807) is 18.2 Å². The number of nitrogens with one attached hydrogen (secondary N) is 1. The SMILES string of the molecule is CC(NC(=O)c1ccc2c(c1)OCCCO2)c1ccc2c(c1)OCO2. The maximum Gasteiger partial charge on any atom is 0.251 e. The molecule has 2 aliphatic heterocycles. The van der Waals surface area contributed by atoms with Crippen LogP contribution in [0, 0.1) is 0 Å². The van der Waals surface area contributed by atoms with Crippen LogP contribution in [-0.4, -0.2) is 25.9 Å². The second-order valence-electron chi connectivity index (χ2n) is 6.02. The summed E-state index contributed by atoms with van der Waals surface area (Å²) in [5.74, 6) is 2.55. The molecule has 0 aromatic heterocycles. The quantitative estimate of drug-likeness (QED) is 0.929. The normalized spacial score (nSPS) is 16.0. The lowest BCUT2D eigenvalue weighted by Crippen LogP contribution is -2.26. The highest BCUT2D eigenvalue weighted by molar-refractivity contribution is 5.95. The topological polar surface area (TPSA) is 66.0 Å². The second kappa shape index (κ2) is 6.55. The van der Waals surface area contributed by atoms with E-state index in [0.29, 0.717) is 36.0 Å². The van der Waals surface area contributed by atoms with Crippen LogP contribution in [-0.2, 0) is 0 Å². The van der Waals surface area contributed by atoms with Gasteiger partial charge in [-0.2, -0.15) is 0 Å². The minimum Gasteiger partial charge on any atom is -0.490 e. The zero-order chi connectivity index (χ0) is 17.2. The second-order valence-corrected chi connectivity index (χ2v) is 6.02. The van der Waals surface area contributed by atoms with E-state index in [0.717, 1.165) is 17.7 Å². The Bertz CT molecular complexity index is 804. The molecule has 2 aliphatic rings. The number of ether oxygens (including phenoxy) is 4. The van der Waals surface area contributed by atoms with Gasteiger partial charge in [-0.05, 0) is 42.8 Å². The van der Waals surface area contributed by atoms with Gasteiger partial charge in [0.05, 0.1) is 19.3 Å². The minimum atomic E-state index is -0.169. The van der Waals surface area contributed by atoms with Crippen molar-refractivity contribution in [2.45, 2.75) is 19.4 Å². The Morgan fingerprint density at radius 3 is 2.48 bits per heavy atom. The standard InChI is InChI=1S/C19H19NO5/c1-12(13-3-5-16-18(9-13)25-11-24-16)20-19(21)14-4-6-15-17(10-14)23-8-2-7-22-15/h3-6,9-10,12H,2,7-8,11H2,1H3,(H,20,21). The molecule has 6 nitrogen and oxygen atoms in total. The van der Waals surface area contributed by atoms with Crippen LogP contribution in [0.15, 0.2) is 36.4 Å². The van der Waals surface area contributed by atoms with E-state index in [9.17, 15) is 4.79 Å². The van der Waals surface area contributed by atoms with Crippen molar-refractivity contribution in [1.82, 2.24) is 5.32 Å². The molecular weight excluding hydrogens is 322 g/mol. The number of benzene rings is 2. The fraction of sp³-hybridized carbons (Fsp3) is 0.316. The summed E-state index contributed by atoms with van der Waals surface area (Å²) < 4.78 is 21.9. The third-order valence-corrected chi connectivity index (χ3v) is 4.25. The van der Waals surface area contributed by atoms with Gasteiger partial charge in [0.2, 0.25) is 6.79 Å². The van der Waals surface area contributed by atoms with Gasteiger partial charge in [-0.3, -0.25) is 4.79 Å². The molecule has 0 radical (unpaired) electrons. The van der Waals surface area contributed by atoms with Gasteiger partial charge in [0.1, 0.15) is 0 Å². The third-order valence-electron chi connectivity index (χ3n) is 4.25. The Morgan fingerprint density at radius 2 is 1.60 bits per heavy atom. The molecule has 0 saturated heterocycles. The fourth-order valence-corrected chi connectivity index (χ4v) is 2.85. The molecule has 25 heavy (non-hydrogen) atoms. The first-order chi connectivity index (χ1) is 12.2. The van der Waals surface area contributed by atoms with Crippen molar-refractivity contribution < 1.29 is 23.7 Å². The van der Waals surface area contributed by atoms with E-state index in [1.807, 2.05) is 25.1 Å². The van der Waals surface area contributed by atoms with Gasteiger partial charge in [0.25, 0.3) is 5.91 Å². The van der Waals surface area contributed by atoms with Crippen LogP contribution < -0.4 is 24.3 Å². The average Bonchev–Trinajstić information content (AvgIpc) is 2.97. The summed E-state index contributed by atoms with van der Waals surface area (Å²) >= 11 is 0. The zero-order valence-electron chi connectivity index (χ0n) is 13.9. The molecule has 0 spiro atoms. The summed E-state index contributed by atoms with van der Waals surface area (Å²) in [5.41, 5.74) is 1.49. The molecular formula is C19H19NO5. The Morgan fingerprint density at radius 1 is 0.920 bits per heavy atom. The first-order valence-electron chi connectivity index (χ1n) is 8.31. The molecule has 2 heterocycles. The summed E-state index contributed by atoms with van der Waals surface area (Å²) in [4.78, 5) is 12.6. The van der Waals surface area contributed by atoms with E-state index < -0.39 is 0 Å². The highest BCUT2D eigenvalue weighted by atomic mass is 16.7. The largest absolute Gasteiger partial charge is 0.490 e. The highest BCUT2D eigenvalue weighted by Crippen LogP contribution is 2.34. The number of hydrogen-bond acceptors (Lipinski definition) is 5. The monoisotopic (exact) mass is 341 g/mol. The molecule has 0 bridgehead atoms. The van der Waals surface area contributed by atoms with E-state index in [-0.39, 0.29) is 18.7 Å². The number of hydrogen-bond donors (Lipinski definition) is 1. The van der Waals surface area contributed by atoms with Crippen molar-refractivity contribution >= 4 is 5.91 Å². The van der Waals surface area contributed by atoms with Crippen LogP contribution in [0.2, 0.25) is 0 Å². The lowest BCUT2D eigenvalue weighted by atomic mass is 10.1. The molecule has 1 N–H and O–H groups in total. The summed E-state index contributed by atoms with van der Waals surface area (Å²) in [6, 6.07) is 10.7. The molecule has 0 aliphatic carbocycles. The van der Waals surface area contributed by atoms with Crippen molar-refractivity contribution in [3.05, 3.63) is 47.5 Å². The molecule has 2 aromatic carbocycles. The lowest BCUT2D eigenvalue weighted by molar-refractivity contribution is 0.0939. The van der Waals surface area contributed by atoms with Crippen LogP contribution in [0.1, 0.15) is 35.3 Å². The van der Waals surface area contributed by atoms with Crippen LogP contribution in [0.5, 0.6) is 23.0 Å². The summed E-state index contributed by atoms with van der Waals surface area (Å²) in [6.07, 6.45) is 0.831. The lowest BCUT2D eigenvalue weighted by Gasteiger charge is -2.16. The van der Waals surface area contributed by atoms with E-state index in [4.69, 9.17) is 18.9 Å². The van der Waals surface area contributed by atoms with Crippen molar-refractivity contribution in [3.8, 4) is 23.0 Å². The molecule has 0 saturated carbocycles. The Kier molecular flexibility index (Phi) is 4.09. The smallest absolute Gasteiger partial charge is 0.251 e. The van der Waals surface area contributed by atoms with Crippen molar-refractivity contribution in [2.24, 2.45) is 0 Å². The molecule has 4 rings (SSSR count). The van der Waals surface area contributed by atoms with Gasteiger partial charge in [-0.15, -0.1) is 0 Å². The summed E-state index contributed by atoms with van der Waals surface area (Å²) in [6.45, 7) is 3.38. The van der Waals surface area contributed by atoms with Crippen molar-refractivity contribution in [1.29, 1.82) is 0 Å². The van der Waals surface area contributed by atoms with Gasteiger partial charge in [-0.25, -0.2) is 0 Å².